The Bertz CT molecular complexity index is 314. The van der Waals surface area contributed by atoms with E-state index in [0.29, 0.717) is 5.15 Å². The van der Waals surface area contributed by atoms with Gasteiger partial charge in [-0.1, -0.05) is 25.4 Å². The lowest BCUT2D eigenvalue weighted by Crippen LogP contribution is -2.19. The van der Waals surface area contributed by atoms with Crippen LogP contribution in [0.4, 0.5) is 5.95 Å². The molecule has 0 unspecified atom stereocenters. The Balaban J connectivity index is 2.69. The summed E-state index contributed by atoms with van der Waals surface area (Å²) in [5.74, 6) is 0.0241. The van der Waals surface area contributed by atoms with Gasteiger partial charge in [-0.15, -0.1) is 0 Å². The first-order chi connectivity index (χ1) is 6.09. The van der Waals surface area contributed by atoms with Crippen molar-refractivity contribution in [2.45, 2.75) is 13.8 Å². The Hall–Kier alpha value is -1.16. The minimum absolute atomic E-state index is 0.0948. The molecule has 1 aromatic rings. The fourth-order valence-corrected chi connectivity index (χ4v) is 0.788. The van der Waals surface area contributed by atoms with E-state index in [1.807, 2.05) is 0 Å². The summed E-state index contributed by atoms with van der Waals surface area (Å²) in [6, 6.07) is 1.55. The summed E-state index contributed by atoms with van der Waals surface area (Å²) in [7, 11) is 0. The molecule has 1 N–H and O–H groups in total. The molecule has 0 aliphatic rings. The molecule has 0 saturated carbocycles. The van der Waals surface area contributed by atoms with Gasteiger partial charge in [0.15, 0.2) is 0 Å². The zero-order chi connectivity index (χ0) is 9.84. The van der Waals surface area contributed by atoms with E-state index in [1.54, 1.807) is 19.9 Å². The van der Waals surface area contributed by atoms with E-state index in [9.17, 15) is 4.79 Å². The Morgan fingerprint density at radius 1 is 1.62 bits per heavy atom. The van der Waals surface area contributed by atoms with E-state index in [0.717, 1.165) is 0 Å². The van der Waals surface area contributed by atoms with Crippen molar-refractivity contribution in [3.63, 3.8) is 0 Å². The Morgan fingerprint density at radius 2 is 2.31 bits per heavy atom. The zero-order valence-electron chi connectivity index (χ0n) is 7.41. The van der Waals surface area contributed by atoms with Gasteiger partial charge in [-0.2, -0.15) is 0 Å². The first-order valence-corrected chi connectivity index (χ1v) is 4.27. The predicted octanol–water partition coefficient (Wildman–Crippen LogP) is 1.72. The van der Waals surface area contributed by atoms with Crippen molar-refractivity contribution in [1.29, 1.82) is 0 Å². The van der Waals surface area contributed by atoms with E-state index >= 15 is 0 Å². The molecule has 0 radical (unpaired) electrons. The third kappa shape index (κ3) is 2.99. The van der Waals surface area contributed by atoms with Crippen LogP contribution in [0.2, 0.25) is 5.15 Å². The second-order valence-corrected chi connectivity index (χ2v) is 3.23. The van der Waals surface area contributed by atoms with Gasteiger partial charge in [-0.25, -0.2) is 9.97 Å². The number of hydrogen-bond acceptors (Lipinski definition) is 3. The van der Waals surface area contributed by atoms with Crippen molar-refractivity contribution in [1.82, 2.24) is 9.97 Å². The Kier molecular flexibility index (Phi) is 3.19. The lowest BCUT2D eigenvalue weighted by molar-refractivity contribution is -0.118. The van der Waals surface area contributed by atoms with E-state index < -0.39 is 0 Å². The highest BCUT2D eigenvalue weighted by atomic mass is 35.5. The maximum absolute atomic E-state index is 11.2. The largest absolute Gasteiger partial charge is 0.294 e. The van der Waals surface area contributed by atoms with Gasteiger partial charge in [0.1, 0.15) is 5.15 Å². The number of rotatable bonds is 2. The van der Waals surface area contributed by atoms with Crippen LogP contribution < -0.4 is 5.32 Å². The number of anilines is 1. The van der Waals surface area contributed by atoms with Gasteiger partial charge in [-0.05, 0) is 6.07 Å². The van der Waals surface area contributed by atoms with Crippen molar-refractivity contribution < 1.29 is 4.79 Å². The van der Waals surface area contributed by atoms with Crippen LogP contribution in [0.15, 0.2) is 12.3 Å². The van der Waals surface area contributed by atoms with Crippen LogP contribution in [0.1, 0.15) is 13.8 Å². The van der Waals surface area contributed by atoms with Gasteiger partial charge < -0.3 is 0 Å². The smallest absolute Gasteiger partial charge is 0.230 e. The van der Waals surface area contributed by atoms with E-state index in [4.69, 9.17) is 11.6 Å². The lowest BCUT2D eigenvalue weighted by atomic mass is 10.2. The van der Waals surface area contributed by atoms with Crippen LogP contribution in [-0.2, 0) is 4.79 Å². The fourth-order valence-electron chi connectivity index (χ4n) is 0.651. The first kappa shape index (κ1) is 9.92. The van der Waals surface area contributed by atoms with Gasteiger partial charge in [0, 0.05) is 12.1 Å². The molecular formula is C8H10ClN3O. The van der Waals surface area contributed by atoms with Gasteiger partial charge in [-0.3, -0.25) is 10.1 Å². The summed E-state index contributed by atoms with van der Waals surface area (Å²) in [6.45, 7) is 3.58. The fraction of sp³-hybridized carbons (Fsp3) is 0.375. The molecule has 4 nitrogen and oxygen atoms in total. The molecular weight excluding hydrogens is 190 g/mol. The van der Waals surface area contributed by atoms with Gasteiger partial charge in [0.2, 0.25) is 11.9 Å². The van der Waals surface area contributed by atoms with Gasteiger partial charge in [0.05, 0.1) is 0 Å². The maximum atomic E-state index is 11.2. The van der Waals surface area contributed by atoms with Crippen LogP contribution in [0.5, 0.6) is 0 Å². The van der Waals surface area contributed by atoms with E-state index in [2.05, 4.69) is 15.3 Å². The van der Waals surface area contributed by atoms with Crippen molar-refractivity contribution in [2.24, 2.45) is 5.92 Å². The molecule has 5 heteroatoms. The molecule has 1 heterocycles. The Labute approximate surface area is 81.3 Å². The molecule has 0 aromatic carbocycles. The van der Waals surface area contributed by atoms with Gasteiger partial charge >= 0.3 is 0 Å². The van der Waals surface area contributed by atoms with Crippen LogP contribution in [0.25, 0.3) is 0 Å². The van der Waals surface area contributed by atoms with E-state index in [1.165, 1.54) is 6.20 Å². The van der Waals surface area contributed by atoms with Crippen LogP contribution in [0.3, 0.4) is 0 Å². The average Bonchev–Trinajstić information content (AvgIpc) is 2.04. The van der Waals surface area contributed by atoms with Crippen molar-refractivity contribution >= 4 is 23.5 Å². The van der Waals surface area contributed by atoms with E-state index in [-0.39, 0.29) is 17.8 Å². The number of aromatic nitrogens is 2. The summed E-state index contributed by atoms with van der Waals surface area (Å²) >= 11 is 5.61. The average molecular weight is 200 g/mol. The number of nitrogens with one attached hydrogen (secondary N) is 1. The summed E-state index contributed by atoms with van der Waals surface area (Å²) in [5.41, 5.74) is 0. The quantitative estimate of drug-likeness (QED) is 0.738. The highest BCUT2D eigenvalue weighted by Crippen LogP contribution is 2.06. The number of carbonyl (C=O) groups excluding carboxylic acids is 1. The highest BCUT2D eigenvalue weighted by molar-refractivity contribution is 6.29. The summed E-state index contributed by atoms with van der Waals surface area (Å²) < 4.78 is 0. The molecule has 0 bridgehead atoms. The molecule has 0 spiro atoms. The van der Waals surface area contributed by atoms with Gasteiger partial charge in [0.25, 0.3) is 0 Å². The molecule has 0 aliphatic carbocycles. The Morgan fingerprint density at radius 3 is 2.85 bits per heavy atom. The van der Waals surface area contributed by atoms with Crippen LogP contribution in [-0.4, -0.2) is 15.9 Å². The number of carbonyl (C=O) groups is 1. The molecule has 0 fully saturated rings. The predicted molar refractivity (Wildman–Crippen MR) is 50.5 cm³/mol. The number of hydrogen-bond donors (Lipinski definition) is 1. The molecule has 0 atom stereocenters. The summed E-state index contributed by atoms with van der Waals surface area (Å²) in [4.78, 5) is 18.8. The monoisotopic (exact) mass is 199 g/mol. The lowest BCUT2D eigenvalue weighted by Gasteiger charge is -2.04. The van der Waals surface area contributed by atoms with Crippen molar-refractivity contribution in [3.05, 3.63) is 17.4 Å². The molecule has 13 heavy (non-hydrogen) atoms. The first-order valence-electron chi connectivity index (χ1n) is 3.89. The minimum Gasteiger partial charge on any atom is -0.294 e. The molecule has 1 amide bonds. The highest BCUT2D eigenvalue weighted by Gasteiger charge is 2.08. The molecule has 0 aliphatic heterocycles. The van der Waals surface area contributed by atoms with Crippen molar-refractivity contribution in [2.75, 3.05) is 5.32 Å². The molecule has 70 valence electrons. The maximum Gasteiger partial charge on any atom is 0.230 e. The normalized spacial score (nSPS) is 10.2. The molecule has 1 rings (SSSR count). The van der Waals surface area contributed by atoms with Crippen LogP contribution >= 0.6 is 11.6 Å². The topological polar surface area (TPSA) is 54.9 Å². The third-order valence-electron chi connectivity index (χ3n) is 1.38. The SMILES string of the molecule is CC(C)C(=O)Nc1nccc(Cl)n1. The minimum atomic E-state index is -0.123. The summed E-state index contributed by atoms with van der Waals surface area (Å²) in [5, 5.41) is 2.85. The molecule has 1 aromatic heterocycles. The third-order valence-corrected chi connectivity index (χ3v) is 1.59. The second kappa shape index (κ2) is 4.18. The summed E-state index contributed by atoms with van der Waals surface area (Å²) in [6.07, 6.45) is 1.49. The van der Waals surface area contributed by atoms with Crippen molar-refractivity contribution in [3.8, 4) is 0 Å². The standard InChI is InChI=1S/C8H10ClN3O/c1-5(2)7(13)12-8-10-4-3-6(9)11-8/h3-5H,1-2H3,(H,10,11,12,13). The number of amides is 1. The second-order valence-electron chi connectivity index (χ2n) is 2.85. The molecule has 0 saturated heterocycles. The number of halogens is 1. The zero-order valence-corrected chi connectivity index (χ0v) is 8.17. The van der Waals surface area contributed by atoms with Crippen LogP contribution in [0, 0.1) is 5.92 Å². The number of nitrogens with zero attached hydrogens (tertiary/aromatic N) is 2.